The van der Waals surface area contributed by atoms with Gasteiger partial charge in [-0.3, -0.25) is 0 Å². The summed E-state index contributed by atoms with van der Waals surface area (Å²) in [4.78, 5) is 5.09. The highest BCUT2D eigenvalue weighted by atomic mass is 32.1. The molecular weight excluding hydrogens is 278 g/mol. The predicted molar refractivity (Wildman–Crippen MR) is 93.9 cm³/mol. The lowest BCUT2D eigenvalue weighted by Crippen LogP contribution is -2.32. The summed E-state index contributed by atoms with van der Waals surface area (Å²) < 4.78 is 0. The lowest BCUT2D eigenvalue weighted by atomic mass is 9.83. The second-order valence-corrected chi connectivity index (χ2v) is 6.67. The van der Waals surface area contributed by atoms with Gasteiger partial charge in [-0.2, -0.15) is 0 Å². The van der Waals surface area contributed by atoms with Crippen molar-refractivity contribution in [2.24, 2.45) is 11.7 Å². The van der Waals surface area contributed by atoms with Gasteiger partial charge in [0.2, 0.25) is 0 Å². The first-order valence-corrected chi connectivity index (χ1v) is 8.48. The lowest BCUT2D eigenvalue weighted by Gasteiger charge is -2.31. The van der Waals surface area contributed by atoms with E-state index in [0.717, 1.165) is 35.0 Å². The van der Waals surface area contributed by atoms with E-state index in [2.05, 4.69) is 24.1 Å². The molecule has 1 atom stereocenters. The van der Waals surface area contributed by atoms with Crippen LogP contribution in [0.2, 0.25) is 0 Å². The molecule has 1 aromatic heterocycles. The van der Waals surface area contributed by atoms with Gasteiger partial charge in [-0.05, 0) is 50.7 Å². The second kappa shape index (κ2) is 7.21. The first-order valence-electron chi connectivity index (χ1n) is 8.07. The molecule has 1 fully saturated rings. The Morgan fingerprint density at radius 2 is 2.05 bits per heavy atom. The van der Waals surface area contributed by atoms with Crippen molar-refractivity contribution in [1.29, 1.82) is 0 Å². The molecule has 0 saturated heterocycles. The molecule has 0 aliphatic heterocycles. The number of nitrogens with zero attached hydrogens (tertiary/aromatic N) is 1. The Morgan fingerprint density at radius 1 is 1.38 bits per heavy atom. The maximum atomic E-state index is 5.91. The van der Waals surface area contributed by atoms with Crippen LogP contribution < -0.4 is 11.1 Å². The van der Waals surface area contributed by atoms with E-state index in [0.29, 0.717) is 11.0 Å². The maximum Gasteiger partial charge on any atom is 0.137 e. The zero-order chi connectivity index (χ0) is 15.4. The maximum absolute atomic E-state index is 5.91. The molecule has 2 rings (SSSR count). The molecule has 1 aliphatic rings. The van der Waals surface area contributed by atoms with E-state index in [9.17, 15) is 0 Å². The molecule has 3 nitrogen and oxygen atoms in total. The van der Waals surface area contributed by atoms with Gasteiger partial charge in [0.1, 0.15) is 10.8 Å². The van der Waals surface area contributed by atoms with Gasteiger partial charge >= 0.3 is 0 Å². The molecule has 0 spiro atoms. The summed E-state index contributed by atoms with van der Waals surface area (Å²) in [5.41, 5.74) is 8.94. The molecule has 21 heavy (non-hydrogen) atoms. The van der Waals surface area contributed by atoms with Crippen LogP contribution in [0, 0.1) is 19.8 Å². The number of nitrogens with two attached hydrogens (primary N) is 1. The highest BCUT2D eigenvalue weighted by Crippen LogP contribution is 2.30. The van der Waals surface area contributed by atoms with Crippen molar-refractivity contribution in [1.82, 2.24) is 4.98 Å². The lowest BCUT2D eigenvalue weighted by molar-refractivity contribution is 0.312. The zero-order valence-electron chi connectivity index (χ0n) is 13.4. The molecule has 0 bridgehead atoms. The Bertz CT molecular complexity index is 507. The average Bonchev–Trinajstić information content (AvgIpc) is 2.44. The quantitative estimate of drug-likeness (QED) is 0.804. The predicted octanol–water partition coefficient (Wildman–Crippen LogP) is 4.10. The Labute approximate surface area is 133 Å². The number of hydrogen-bond acceptors (Lipinski definition) is 3. The number of hydrogen-bond donors (Lipinski definition) is 2. The molecule has 0 radical (unpaired) electrons. The van der Waals surface area contributed by atoms with Gasteiger partial charge in [-0.15, -0.1) is 0 Å². The summed E-state index contributed by atoms with van der Waals surface area (Å²) in [6.45, 7) is 6.31. The minimum atomic E-state index is 0.431. The Kier molecular flexibility index (Phi) is 5.57. The van der Waals surface area contributed by atoms with Gasteiger partial charge in [0.15, 0.2) is 0 Å². The van der Waals surface area contributed by atoms with Crippen molar-refractivity contribution in [2.75, 3.05) is 5.32 Å². The summed E-state index contributed by atoms with van der Waals surface area (Å²) in [6.07, 6.45) is 7.83. The molecule has 0 aromatic carbocycles. The summed E-state index contributed by atoms with van der Waals surface area (Å²) in [7, 11) is 0. The third-order valence-electron chi connectivity index (χ3n) is 4.57. The number of aryl methyl sites for hydroxylation is 2. The number of thiocarbonyl (C=S) groups is 1. The molecule has 0 amide bonds. The molecule has 1 aliphatic carbocycles. The second-order valence-electron chi connectivity index (χ2n) is 6.23. The molecular formula is C17H27N3S. The van der Waals surface area contributed by atoms with Gasteiger partial charge in [0.05, 0.1) is 5.56 Å². The van der Waals surface area contributed by atoms with E-state index >= 15 is 0 Å². The first-order chi connectivity index (χ1) is 10.0. The third kappa shape index (κ3) is 3.94. The van der Waals surface area contributed by atoms with Crippen LogP contribution in [0.4, 0.5) is 5.82 Å². The van der Waals surface area contributed by atoms with Crippen LogP contribution in [0.5, 0.6) is 0 Å². The molecule has 4 heteroatoms. The van der Waals surface area contributed by atoms with Crippen LogP contribution in [-0.2, 0) is 0 Å². The fraction of sp³-hybridized carbons (Fsp3) is 0.647. The van der Waals surface area contributed by atoms with E-state index in [1.165, 1.54) is 32.1 Å². The normalized spacial score (nSPS) is 17.5. The Morgan fingerprint density at radius 3 is 2.62 bits per heavy atom. The number of nitrogens with one attached hydrogen (secondary N) is 1. The van der Waals surface area contributed by atoms with Crippen LogP contribution in [0.3, 0.4) is 0 Å². The Balaban J connectivity index is 2.25. The molecule has 3 N–H and O–H groups in total. The monoisotopic (exact) mass is 305 g/mol. The zero-order valence-corrected chi connectivity index (χ0v) is 14.2. The van der Waals surface area contributed by atoms with Gasteiger partial charge in [-0.25, -0.2) is 4.98 Å². The van der Waals surface area contributed by atoms with E-state index in [4.69, 9.17) is 18.0 Å². The topological polar surface area (TPSA) is 50.9 Å². The van der Waals surface area contributed by atoms with Crippen molar-refractivity contribution in [3.05, 3.63) is 22.9 Å². The van der Waals surface area contributed by atoms with Gasteiger partial charge in [-0.1, -0.05) is 38.4 Å². The van der Waals surface area contributed by atoms with Crippen molar-refractivity contribution >= 4 is 23.0 Å². The molecule has 1 unspecified atom stereocenters. The number of aromatic nitrogens is 1. The fourth-order valence-electron chi connectivity index (χ4n) is 3.52. The van der Waals surface area contributed by atoms with E-state index in [1.807, 2.05) is 13.0 Å². The SMILES string of the molecule is CCC(Nc1nc(C)cc(C)c1C(N)=S)C1CCCCC1. The van der Waals surface area contributed by atoms with Crippen molar-refractivity contribution in [2.45, 2.75) is 65.3 Å². The highest BCUT2D eigenvalue weighted by molar-refractivity contribution is 7.80. The number of anilines is 1. The van der Waals surface area contributed by atoms with Gasteiger partial charge in [0.25, 0.3) is 0 Å². The molecule has 116 valence electrons. The summed E-state index contributed by atoms with van der Waals surface area (Å²) in [6, 6.07) is 2.51. The van der Waals surface area contributed by atoms with Gasteiger partial charge in [0, 0.05) is 11.7 Å². The third-order valence-corrected chi connectivity index (χ3v) is 4.78. The summed E-state index contributed by atoms with van der Waals surface area (Å²) >= 11 is 5.22. The number of pyridine rings is 1. The molecule has 1 saturated carbocycles. The van der Waals surface area contributed by atoms with Crippen LogP contribution in [-0.4, -0.2) is 16.0 Å². The van der Waals surface area contributed by atoms with Crippen molar-refractivity contribution in [3.63, 3.8) is 0 Å². The number of rotatable bonds is 5. The Hall–Kier alpha value is -1.16. The summed E-state index contributed by atoms with van der Waals surface area (Å²) in [5, 5.41) is 3.65. The molecule has 1 heterocycles. The standard InChI is InChI=1S/C17H27N3S/c1-4-14(13-8-6-5-7-9-13)20-17-15(16(18)21)11(2)10-12(3)19-17/h10,13-14H,4-9H2,1-3H3,(H2,18,21)(H,19,20). The smallest absolute Gasteiger partial charge is 0.137 e. The molecule has 1 aromatic rings. The van der Waals surface area contributed by atoms with Crippen LogP contribution in [0.15, 0.2) is 6.07 Å². The van der Waals surface area contributed by atoms with Crippen molar-refractivity contribution < 1.29 is 0 Å². The average molecular weight is 305 g/mol. The van der Waals surface area contributed by atoms with Gasteiger partial charge < -0.3 is 11.1 Å². The van der Waals surface area contributed by atoms with Crippen LogP contribution >= 0.6 is 12.2 Å². The highest BCUT2D eigenvalue weighted by Gasteiger charge is 2.24. The van der Waals surface area contributed by atoms with Crippen molar-refractivity contribution in [3.8, 4) is 0 Å². The fourth-order valence-corrected chi connectivity index (χ4v) is 3.78. The largest absolute Gasteiger partial charge is 0.389 e. The van der Waals surface area contributed by atoms with E-state index in [1.54, 1.807) is 0 Å². The van der Waals surface area contributed by atoms with Crippen LogP contribution in [0.1, 0.15) is 62.3 Å². The van der Waals surface area contributed by atoms with E-state index < -0.39 is 0 Å². The minimum Gasteiger partial charge on any atom is -0.389 e. The summed E-state index contributed by atoms with van der Waals surface area (Å²) in [5.74, 6) is 1.61. The van der Waals surface area contributed by atoms with E-state index in [-0.39, 0.29) is 0 Å². The first kappa shape index (κ1) is 16.2. The van der Waals surface area contributed by atoms with Crippen LogP contribution in [0.25, 0.3) is 0 Å². The minimum absolute atomic E-state index is 0.431.